The van der Waals surface area contributed by atoms with Gasteiger partial charge in [0.2, 0.25) is 0 Å². The molecule has 1 atom stereocenters. The number of piperidine rings is 1. The molecule has 1 N–H and O–H groups in total. The van der Waals surface area contributed by atoms with Gasteiger partial charge in [-0.15, -0.1) is 13.2 Å². The van der Waals surface area contributed by atoms with Gasteiger partial charge >= 0.3 is 12.5 Å². The summed E-state index contributed by atoms with van der Waals surface area (Å²) in [6, 6.07) is 5.39. The predicted octanol–water partition coefficient (Wildman–Crippen LogP) is 5.72. The first kappa shape index (κ1) is 25.5. The number of amides is 1. The Kier molecular flexibility index (Phi) is 6.68. The van der Waals surface area contributed by atoms with E-state index in [2.05, 4.69) is 19.7 Å². The average molecular weight is 505 g/mol. The molecule has 2 aromatic heterocycles. The van der Waals surface area contributed by atoms with E-state index in [9.17, 15) is 23.1 Å². The highest BCUT2D eigenvalue weighted by molar-refractivity contribution is 5.78. The number of aromatic nitrogens is 3. The minimum atomic E-state index is -4.87. The summed E-state index contributed by atoms with van der Waals surface area (Å²) in [6.07, 6.45) is -1.97. The number of hydrogen-bond acceptors (Lipinski definition) is 7. The molecule has 1 aliphatic heterocycles. The van der Waals surface area contributed by atoms with Crippen LogP contribution in [0.5, 0.6) is 11.5 Å². The van der Waals surface area contributed by atoms with Gasteiger partial charge in [-0.3, -0.25) is 4.98 Å². The van der Waals surface area contributed by atoms with Crippen LogP contribution < -0.4 is 4.74 Å². The third kappa shape index (κ3) is 5.95. The Morgan fingerprint density at radius 3 is 2.58 bits per heavy atom. The lowest BCUT2D eigenvalue weighted by molar-refractivity contribution is -0.274. The van der Waals surface area contributed by atoms with E-state index in [0.29, 0.717) is 41.2 Å². The summed E-state index contributed by atoms with van der Waals surface area (Å²) in [5.74, 6) is -0.969. The van der Waals surface area contributed by atoms with E-state index in [-0.39, 0.29) is 17.6 Å². The standard InChI is InChI=1S/C25H27F3N4O4/c1-14-10-16(35-25(26,27)28)11-20(33)21(14)17-7-8-18-22(30-17)31-19(12-29-18)15-6-5-9-32(13-15)23(34)36-24(2,3)4/h7-8,10-12,15,33H,5-6,9,13H2,1-4H3/t15-/m1/s1. The van der Waals surface area contributed by atoms with E-state index >= 15 is 0 Å². The number of pyridine rings is 1. The SMILES string of the molecule is Cc1cc(OC(F)(F)F)cc(O)c1-c1ccc2ncc([C@@H]3CCCN(C(=O)OC(C)(C)C)C3)nc2n1. The second-order valence-electron chi connectivity index (χ2n) is 9.78. The monoisotopic (exact) mass is 504 g/mol. The topological polar surface area (TPSA) is 97.7 Å². The van der Waals surface area contributed by atoms with E-state index in [4.69, 9.17) is 4.74 Å². The zero-order chi connectivity index (χ0) is 26.3. The summed E-state index contributed by atoms with van der Waals surface area (Å²) in [5, 5.41) is 10.4. The molecule has 0 aliphatic carbocycles. The molecule has 0 unspecified atom stereocenters. The molecule has 1 fully saturated rings. The molecule has 1 aromatic carbocycles. The van der Waals surface area contributed by atoms with Crippen molar-refractivity contribution in [2.75, 3.05) is 13.1 Å². The van der Waals surface area contributed by atoms with Crippen LogP contribution in [0, 0.1) is 6.92 Å². The summed E-state index contributed by atoms with van der Waals surface area (Å²) in [6.45, 7) is 8.05. The number of aryl methyl sites for hydroxylation is 1. The lowest BCUT2D eigenvalue weighted by Gasteiger charge is -2.33. The van der Waals surface area contributed by atoms with Crippen LogP contribution in [0.4, 0.5) is 18.0 Å². The molecule has 8 nitrogen and oxygen atoms in total. The number of hydrogen-bond donors (Lipinski definition) is 1. The fraction of sp³-hybridized carbons (Fsp3) is 0.440. The summed E-state index contributed by atoms with van der Waals surface area (Å²) in [7, 11) is 0. The number of alkyl halides is 3. The number of aromatic hydroxyl groups is 1. The Labute approximate surface area is 206 Å². The van der Waals surface area contributed by atoms with Gasteiger partial charge in [0.15, 0.2) is 5.65 Å². The van der Waals surface area contributed by atoms with Crippen LogP contribution in [-0.4, -0.2) is 56.1 Å². The van der Waals surface area contributed by atoms with E-state index in [1.54, 1.807) is 30.2 Å². The summed E-state index contributed by atoms with van der Waals surface area (Å²) >= 11 is 0. The van der Waals surface area contributed by atoms with Gasteiger partial charge in [0.05, 0.1) is 11.4 Å². The van der Waals surface area contributed by atoms with Gasteiger partial charge in [0.1, 0.15) is 22.6 Å². The number of carbonyl (C=O) groups excluding carboxylic acids is 1. The molecule has 3 aromatic rings. The third-order valence-corrected chi connectivity index (χ3v) is 5.69. The number of nitrogens with zero attached hydrogens (tertiary/aromatic N) is 4. The van der Waals surface area contributed by atoms with Gasteiger partial charge in [-0.2, -0.15) is 0 Å². The molecular formula is C25H27F3N4O4. The van der Waals surface area contributed by atoms with Crippen molar-refractivity contribution < 1.29 is 32.5 Å². The van der Waals surface area contributed by atoms with Crippen LogP contribution in [0.2, 0.25) is 0 Å². The van der Waals surface area contributed by atoms with Gasteiger partial charge in [-0.1, -0.05) is 0 Å². The smallest absolute Gasteiger partial charge is 0.507 e. The molecule has 0 spiro atoms. The maximum atomic E-state index is 12.6. The van der Waals surface area contributed by atoms with Crippen LogP contribution in [-0.2, 0) is 4.74 Å². The molecule has 1 aliphatic rings. The highest BCUT2D eigenvalue weighted by Crippen LogP contribution is 2.37. The van der Waals surface area contributed by atoms with Gasteiger partial charge in [0, 0.05) is 36.8 Å². The number of halogens is 3. The molecule has 1 saturated heterocycles. The lowest BCUT2D eigenvalue weighted by atomic mass is 9.95. The number of ether oxygens (including phenoxy) is 2. The summed E-state index contributed by atoms with van der Waals surface area (Å²) in [5.41, 5.74) is 1.90. The van der Waals surface area contributed by atoms with Crippen LogP contribution in [0.25, 0.3) is 22.4 Å². The number of phenols is 1. The van der Waals surface area contributed by atoms with Crippen molar-refractivity contribution in [2.24, 2.45) is 0 Å². The van der Waals surface area contributed by atoms with Crippen LogP contribution in [0.15, 0.2) is 30.5 Å². The van der Waals surface area contributed by atoms with E-state index in [1.807, 2.05) is 20.8 Å². The summed E-state index contributed by atoms with van der Waals surface area (Å²) in [4.78, 5) is 27.8. The fourth-order valence-electron chi connectivity index (χ4n) is 4.22. The highest BCUT2D eigenvalue weighted by atomic mass is 19.4. The fourth-order valence-corrected chi connectivity index (χ4v) is 4.22. The highest BCUT2D eigenvalue weighted by Gasteiger charge is 2.32. The molecule has 192 valence electrons. The van der Waals surface area contributed by atoms with Gasteiger partial charge < -0.3 is 19.5 Å². The van der Waals surface area contributed by atoms with Crippen molar-refractivity contribution in [3.63, 3.8) is 0 Å². The number of phenolic OH excluding ortho intramolecular Hbond substituents is 1. The number of fused-ring (bicyclic) bond motifs is 1. The number of rotatable bonds is 3. The van der Waals surface area contributed by atoms with Crippen LogP contribution >= 0.6 is 0 Å². The normalized spacial score (nSPS) is 16.8. The van der Waals surface area contributed by atoms with Crippen molar-refractivity contribution in [2.45, 2.75) is 58.4 Å². The molecule has 0 bridgehead atoms. The number of carbonyl (C=O) groups is 1. The first-order chi connectivity index (χ1) is 16.8. The molecule has 36 heavy (non-hydrogen) atoms. The Balaban J connectivity index is 1.61. The summed E-state index contributed by atoms with van der Waals surface area (Å²) < 4.78 is 47.1. The number of benzene rings is 1. The Hall–Kier alpha value is -3.63. The van der Waals surface area contributed by atoms with Crippen molar-refractivity contribution in [1.29, 1.82) is 0 Å². The minimum absolute atomic E-state index is 0.0532. The Morgan fingerprint density at radius 1 is 1.17 bits per heavy atom. The van der Waals surface area contributed by atoms with Crippen molar-refractivity contribution in [3.05, 3.63) is 41.7 Å². The van der Waals surface area contributed by atoms with E-state index in [0.717, 1.165) is 18.9 Å². The van der Waals surface area contributed by atoms with Crippen LogP contribution in [0.3, 0.4) is 0 Å². The second-order valence-corrected chi connectivity index (χ2v) is 9.78. The zero-order valence-electron chi connectivity index (χ0n) is 20.4. The first-order valence-electron chi connectivity index (χ1n) is 11.5. The van der Waals surface area contributed by atoms with Crippen molar-refractivity contribution in [1.82, 2.24) is 19.9 Å². The molecular weight excluding hydrogens is 477 g/mol. The molecule has 3 heterocycles. The van der Waals surface area contributed by atoms with Gasteiger partial charge in [-0.25, -0.2) is 14.8 Å². The average Bonchev–Trinajstić information content (AvgIpc) is 2.76. The Bertz CT molecular complexity index is 1270. The molecule has 1 amide bonds. The van der Waals surface area contributed by atoms with E-state index in [1.165, 1.54) is 6.07 Å². The zero-order valence-corrected chi connectivity index (χ0v) is 20.4. The maximum Gasteiger partial charge on any atom is 0.573 e. The number of likely N-dealkylation sites (tertiary alicyclic amines) is 1. The molecule has 4 rings (SSSR count). The minimum Gasteiger partial charge on any atom is -0.507 e. The maximum absolute atomic E-state index is 12.6. The van der Waals surface area contributed by atoms with Crippen molar-refractivity contribution in [3.8, 4) is 22.8 Å². The lowest BCUT2D eigenvalue weighted by Crippen LogP contribution is -2.42. The largest absolute Gasteiger partial charge is 0.573 e. The predicted molar refractivity (Wildman–Crippen MR) is 126 cm³/mol. The third-order valence-electron chi connectivity index (χ3n) is 5.69. The van der Waals surface area contributed by atoms with Gasteiger partial charge in [0.25, 0.3) is 0 Å². The van der Waals surface area contributed by atoms with E-state index < -0.39 is 23.5 Å². The molecule has 0 saturated carbocycles. The Morgan fingerprint density at radius 2 is 1.92 bits per heavy atom. The first-order valence-corrected chi connectivity index (χ1v) is 11.5. The second kappa shape index (κ2) is 9.44. The molecule has 0 radical (unpaired) electrons. The molecule has 11 heteroatoms. The quantitative estimate of drug-likeness (QED) is 0.487. The van der Waals surface area contributed by atoms with Gasteiger partial charge in [-0.05, 0) is 64.3 Å². The van der Waals surface area contributed by atoms with Crippen LogP contribution in [0.1, 0.15) is 50.8 Å². The van der Waals surface area contributed by atoms with Crippen molar-refractivity contribution >= 4 is 17.3 Å².